The van der Waals surface area contributed by atoms with Crippen molar-refractivity contribution in [2.24, 2.45) is 0 Å². The number of carbonyl (C=O) groups is 3. The van der Waals surface area contributed by atoms with Crippen LogP contribution < -0.4 is 29.7 Å². The molecule has 3 aromatic carbocycles. The molecule has 0 saturated carbocycles. The zero-order chi connectivity index (χ0) is 34.4. The zero-order valence-corrected chi connectivity index (χ0v) is 28.0. The Morgan fingerprint density at radius 3 is 2.08 bits per heavy atom. The molecule has 11 nitrogen and oxygen atoms in total. The van der Waals surface area contributed by atoms with E-state index in [9.17, 15) is 14.4 Å². The van der Waals surface area contributed by atoms with Gasteiger partial charge in [0.2, 0.25) is 11.8 Å². The smallest absolute Gasteiger partial charge is 0.255 e. The third kappa shape index (κ3) is 9.50. The summed E-state index contributed by atoms with van der Waals surface area (Å²) in [5.74, 6) is 1.14. The molecule has 4 aromatic rings. The fourth-order valence-corrected chi connectivity index (χ4v) is 5.70. The van der Waals surface area contributed by atoms with Gasteiger partial charge >= 0.3 is 0 Å². The number of hydrogen-bond donors (Lipinski definition) is 2. The van der Waals surface area contributed by atoms with Crippen LogP contribution in [-0.4, -0.2) is 68.1 Å². The number of fused-ring (bicyclic) bond motifs is 3. The summed E-state index contributed by atoms with van der Waals surface area (Å²) in [6.45, 7) is 1.27. The first-order chi connectivity index (χ1) is 24.0. The Balaban J connectivity index is 1.39. The standard InChI is InChI=1S/C38H43N5O6/c1-47-33-16-8-5-13-28(33)23-40-36(44)26-42-19-11-3-4-12-20-49-35-18-10-7-15-32(35)43(31-21-30(38(42)46)22-39-25-31)27-37(45)41-24-29-14-6-9-17-34(29)48-2/h5-10,13-18,21-22,25H,3-4,11-12,19-20,23-24,26-27H2,1-2H3,(H,40,44)(H,41,45). The van der Waals surface area contributed by atoms with Crippen LogP contribution in [0.1, 0.15) is 47.2 Å². The number of anilines is 2. The number of nitrogens with one attached hydrogen (secondary N) is 2. The highest BCUT2D eigenvalue weighted by molar-refractivity contribution is 5.97. The van der Waals surface area contributed by atoms with E-state index < -0.39 is 0 Å². The molecule has 0 spiro atoms. The maximum absolute atomic E-state index is 14.0. The second kappa shape index (κ2) is 17.5. The third-order valence-electron chi connectivity index (χ3n) is 8.28. The predicted molar refractivity (Wildman–Crippen MR) is 187 cm³/mol. The lowest BCUT2D eigenvalue weighted by Crippen LogP contribution is -2.41. The molecule has 2 bridgehead atoms. The van der Waals surface area contributed by atoms with Gasteiger partial charge in [0.05, 0.1) is 50.5 Å². The molecule has 1 aromatic heterocycles. The summed E-state index contributed by atoms with van der Waals surface area (Å²) >= 11 is 0. The van der Waals surface area contributed by atoms with Crippen LogP contribution in [0.3, 0.4) is 0 Å². The van der Waals surface area contributed by atoms with Gasteiger partial charge in [-0.25, -0.2) is 0 Å². The lowest BCUT2D eigenvalue weighted by molar-refractivity contribution is -0.122. The van der Waals surface area contributed by atoms with Crippen molar-refractivity contribution in [3.8, 4) is 17.2 Å². The Kier molecular flexibility index (Phi) is 12.4. The van der Waals surface area contributed by atoms with Crippen molar-refractivity contribution in [2.45, 2.75) is 38.8 Å². The zero-order valence-electron chi connectivity index (χ0n) is 28.0. The highest BCUT2D eigenvalue weighted by atomic mass is 16.5. The molecule has 0 saturated heterocycles. The SMILES string of the molecule is COc1ccccc1CNC(=O)CN1CCCCCCOc2ccccc2N(CC(=O)NCc2ccccc2OC)c2cncc(c2)C1=O. The summed E-state index contributed by atoms with van der Waals surface area (Å²) in [7, 11) is 3.18. The number of pyridine rings is 1. The topological polar surface area (TPSA) is 122 Å². The normalized spacial score (nSPS) is 13.6. The minimum Gasteiger partial charge on any atom is -0.496 e. The summed E-state index contributed by atoms with van der Waals surface area (Å²) in [6.07, 6.45) is 6.42. The molecule has 0 radical (unpaired) electrons. The fraction of sp³-hybridized carbons (Fsp3) is 0.316. The average Bonchev–Trinajstić information content (AvgIpc) is 3.14. The Hall–Kier alpha value is -5.58. The van der Waals surface area contributed by atoms with Crippen molar-refractivity contribution in [2.75, 3.05) is 45.4 Å². The van der Waals surface area contributed by atoms with Crippen molar-refractivity contribution < 1.29 is 28.6 Å². The highest BCUT2D eigenvalue weighted by Gasteiger charge is 2.23. The summed E-state index contributed by atoms with van der Waals surface area (Å²) in [5.41, 5.74) is 3.20. The van der Waals surface area contributed by atoms with E-state index in [0.717, 1.165) is 36.8 Å². The molecule has 2 N–H and O–H groups in total. The summed E-state index contributed by atoms with van der Waals surface area (Å²) < 4.78 is 17.1. The molecule has 0 unspecified atom stereocenters. The molecule has 5 rings (SSSR count). The molecular weight excluding hydrogens is 622 g/mol. The first kappa shape index (κ1) is 34.7. The van der Waals surface area contributed by atoms with E-state index in [-0.39, 0.29) is 43.9 Å². The molecular formula is C38H43N5O6. The highest BCUT2D eigenvalue weighted by Crippen LogP contribution is 2.34. The first-order valence-corrected chi connectivity index (χ1v) is 16.5. The number of methoxy groups -OCH3 is 2. The fourth-order valence-electron chi connectivity index (χ4n) is 5.70. The lowest BCUT2D eigenvalue weighted by Gasteiger charge is -2.27. The number of aromatic nitrogens is 1. The minimum absolute atomic E-state index is 0.0656. The van der Waals surface area contributed by atoms with Gasteiger partial charge in [0, 0.05) is 37.0 Å². The molecule has 1 aliphatic rings. The molecule has 0 fully saturated rings. The predicted octanol–water partition coefficient (Wildman–Crippen LogP) is 5.26. The van der Waals surface area contributed by atoms with Crippen LogP contribution in [0.2, 0.25) is 0 Å². The quantitative estimate of drug-likeness (QED) is 0.235. The number of benzene rings is 3. The summed E-state index contributed by atoms with van der Waals surface area (Å²) in [6, 6.07) is 24.2. The van der Waals surface area contributed by atoms with E-state index in [0.29, 0.717) is 47.3 Å². The number of carbonyl (C=O) groups excluding carboxylic acids is 3. The number of rotatable bonds is 10. The minimum atomic E-state index is -0.318. The van der Waals surface area contributed by atoms with Crippen molar-refractivity contribution in [3.63, 3.8) is 0 Å². The van der Waals surface area contributed by atoms with Gasteiger partial charge in [-0.1, -0.05) is 61.4 Å². The molecule has 256 valence electrons. The van der Waals surface area contributed by atoms with Gasteiger partial charge in [-0.15, -0.1) is 0 Å². The lowest BCUT2D eigenvalue weighted by atomic mass is 10.1. The van der Waals surface area contributed by atoms with E-state index in [1.807, 2.05) is 72.8 Å². The molecule has 49 heavy (non-hydrogen) atoms. The van der Waals surface area contributed by atoms with E-state index in [1.165, 1.54) is 6.20 Å². The van der Waals surface area contributed by atoms with Crippen LogP contribution in [0.4, 0.5) is 11.4 Å². The molecule has 0 atom stereocenters. The second-order valence-electron chi connectivity index (χ2n) is 11.7. The maximum atomic E-state index is 14.0. The summed E-state index contributed by atoms with van der Waals surface area (Å²) in [4.78, 5) is 48.4. The number of ether oxygens (including phenoxy) is 3. The number of nitrogens with zero attached hydrogens (tertiary/aromatic N) is 3. The molecule has 2 heterocycles. The maximum Gasteiger partial charge on any atom is 0.255 e. The molecule has 11 heteroatoms. The largest absolute Gasteiger partial charge is 0.496 e. The van der Waals surface area contributed by atoms with Crippen LogP contribution in [0.25, 0.3) is 0 Å². The van der Waals surface area contributed by atoms with E-state index >= 15 is 0 Å². The number of hydrogen-bond acceptors (Lipinski definition) is 8. The van der Waals surface area contributed by atoms with E-state index in [1.54, 1.807) is 36.3 Å². The Bertz CT molecular complexity index is 1730. The third-order valence-corrected chi connectivity index (χ3v) is 8.28. The van der Waals surface area contributed by atoms with Crippen molar-refractivity contribution >= 4 is 29.1 Å². The Morgan fingerprint density at radius 1 is 0.776 bits per heavy atom. The Morgan fingerprint density at radius 2 is 1.39 bits per heavy atom. The molecule has 3 amide bonds. The van der Waals surface area contributed by atoms with Gasteiger partial charge in [0.1, 0.15) is 23.8 Å². The first-order valence-electron chi connectivity index (χ1n) is 16.5. The second-order valence-corrected chi connectivity index (χ2v) is 11.7. The molecule has 1 aliphatic heterocycles. The number of para-hydroxylation sites is 4. The van der Waals surface area contributed by atoms with Crippen LogP contribution in [-0.2, 0) is 22.7 Å². The van der Waals surface area contributed by atoms with Crippen LogP contribution in [0, 0.1) is 0 Å². The van der Waals surface area contributed by atoms with Gasteiger partial charge in [0.25, 0.3) is 5.91 Å². The number of amides is 3. The van der Waals surface area contributed by atoms with Gasteiger partial charge in [-0.2, -0.15) is 0 Å². The van der Waals surface area contributed by atoms with Gasteiger partial charge in [0.15, 0.2) is 0 Å². The van der Waals surface area contributed by atoms with Crippen molar-refractivity contribution in [3.05, 3.63) is 108 Å². The van der Waals surface area contributed by atoms with Crippen LogP contribution in [0.15, 0.2) is 91.3 Å². The van der Waals surface area contributed by atoms with Crippen molar-refractivity contribution in [1.29, 1.82) is 0 Å². The summed E-state index contributed by atoms with van der Waals surface area (Å²) in [5, 5.41) is 5.92. The van der Waals surface area contributed by atoms with Crippen LogP contribution in [0.5, 0.6) is 17.2 Å². The Labute approximate surface area is 287 Å². The monoisotopic (exact) mass is 665 g/mol. The van der Waals surface area contributed by atoms with Gasteiger partial charge in [-0.05, 0) is 43.2 Å². The van der Waals surface area contributed by atoms with Crippen LogP contribution >= 0.6 is 0 Å². The van der Waals surface area contributed by atoms with Crippen molar-refractivity contribution in [1.82, 2.24) is 20.5 Å². The van der Waals surface area contributed by atoms with E-state index in [4.69, 9.17) is 14.2 Å². The van der Waals surface area contributed by atoms with Gasteiger partial charge in [-0.3, -0.25) is 19.4 Å². The molecule has 0 aliphatic carbocycles. The van der Waals surface area contributed by atoms with Gasteiger partial charge < -0.3 is 34.6 Å². The van der Waals surface area contributed by atoms with E-state index in [2.05, 4.69) is 15.6 Å². The average molecular weight is 666 g/mol.